The third-order valence-corrected chi connectivity index (χ3v) is 4.52. The van der Waals surface area contributed by atoms with Crippen LogP contribution in [-0.4, -0.2) is 60.9 Å². The quantitative estimate of drug-likeness (QED) is 0.844. The van der Waals surface area contributed by atoms with Gasteiger partial charge in [-0.3, -0.25) is 14.6 Å². The van der Waals surface area contributed by atoms with Crippen molar-refractivity contribution < 1.29 is 9.21 Å². The van der Waals surface area contributed by atoms with E-state index in [0.717, 1.165) is 44.0 Å². The Morgan fingerprint density at radius 2 is 1.79 bits per heavy atom. The van der Waals surface area contributed by atoms with Crippen molar-refractivity contribution in [1.82, 2.24) is 14.7 Å². The predicted octanol–water partition coefficient (Wildman–Crippen LogP) is 2.23. The number of piperazine rings is 1. The van der Waals surface area contributed by atoms with Crippen LogP contribution >= 0.6 is 0 Å². The van der Waals surface area contributed by atoms with Crippen LogP contribution in [0.4, 0.5) is 0 Å². The van der Waals surface area contributed by atoms with Crippen molar-refractivity contribution >= 4 is 5.91 Å². The highest BCUT2D eigenvalue weighted by Crippen LogP contribution is 2.24. The summed E-state index contributed by atoms with van der Waals surface area (Å²) in [6.45, 7) is 4.45. The van der Waals surface area contributed by atoms with E-state index in [9.17, 15) is 4.79 Å². The minimum absolute atomic E-state index is 0.140. The maximum atomic E-state index is 12.7. The van der Waals surface area contributed by atoms with Crippen LogP contribution in [0.1, 0.15) is 17.4 Å². The first-order valence-corrected chi connectivity index (χ1v) is 8.40. The Morgan fingerprint density at radius 1 is 1.08 bits per heavy atom. The van der Waals surface area contributed by atoms with Crippen molar-refractivity contribution in [1.29, 1.82) is 0 Å². The molecule has 24 heavy (non-hydrogen) atoms. The lowest BCUT2D eigenvalue weighted by molar-refractivity contribution is -0.135. The molecule has 0 saturated carbocycles. The Bertz CT molecular complexity index is 632. The Balaban J connectivity index is 1.68. The van der Waals surface area contributed by atoms with Crippen LogP contribution in [0.25, 0.3) is 0 Å². The molecule has 2 heterocycles. The second kappa shape index (κ2) is 7.64. The van der Waals surface area contributed by atoms with Crippen molar-refractivity contribution in [3.63, 3.8) is 0 Å². The van der Waals surface area contributed by atoms with Crippen molar-refractivity contribution in [2.45, 2.75) is 12.6 Å². The fraction of sp³-hybridized carbons (Fsp3) is 0.421. The van der Waals surface area contributed by atoms with E-state index < -0.39 is 0 Å². The molecule has 1 saturated heterocycles. The van der Waals surface area contributed by atoms with E-state index in [4.69, 9.17) is 4.42 Å². The second-order valence-electron chi connectivity index (χ2n) is 6.44. The van der Waals surface area contributed by atoms with Crippen LogP contribution in [0.15, 0.2) is 53.1 Å². The molecule has 1 aliphatic heterocycles. The van der Waals surface area contributed by atoms with Crippen molar-refractivity contribution in [2.75, 3.05) is 40.3 Å². The van der Waals surface area contributed by atoms with E-state index in [2.05, 4.69) is 9.80 Å². The van der Waals surface area contributed by atoms with Crippen LogP contribution in [0.5, 0.6) is 0 Å². The molecule has 0 bridgehead atoms. The molecule has 128 valence electrons. The first-order valence-electron chi connectivity index (χ1n) is 8.40. The van der Waals surface area contributed by atoms with Crippen LogP contribution in [0.2, 0.25) is 0 Å². The lowest BCUT2D eigenvalue weighted by Crippen LogP contribution is -2.50. The van der Waals surface area contributed by atoms with E-state index in [1.165, 1.54) is 0 Å². The Labute approximate surface area is 143 Å². The largest absolute Gasteiger partial charge is 0.468 e. The van der Waals surface area contributed by atoms with Crippen molar-refractivity contribution in [2.24, 2.45) is 0 Å². The minimum Gasteiger partial charge on any atom is -0.468 e. The zero-order valence-electron chi connectivity index (χ0n) is 14.4. The minimum atomic E-state index is -0.202. The van der Waals surface area contributed by atoms with Gasteiger partial charge in [0.1, 0.15) is 11.8 Å². The molecule has 1 atom stereocenters. The molecule has 0 aliphatic carbocycles. The summed E-state index contributed by atoms with van der Waals surface area (Å²) in [4.78, 5) is 19.1. The standard InChI is InChI=1S/C19H25N3O2/c1-20(2)19(23)18(16-7-4-3-5-8-16)22-12-10-21(11-13-22)15-17-9-6-14-24-17/h3-9,14,18H,10-13,15H2,1-2H3/t18-/m1/s1. The second-order valence-corrected chi connectivity index (χ2v) is 6.44. The van der Waals surface area contributed by atoms with E-state index in [1.807, 2.05) is 56.6 Å². The molecule has 1 aliphatic rings. The smallest absolute Gasteiger partial charge is 0.244 e. The molecule has 0 unspecified atom stereocenters. The van der Waals surface area contributed by atoms with Gasteiger partial charge in [-0.25, -0.2) is 0 Å². The number of nitrogens with zero attached hydrogens (tertiary/aromatic N) is 3. The van der Waals surface area contributed by atoms with Gasteiger partial charge in [0, 0.05) is 40.3 Å². The van der Waals surface area contributed by atoms with Crippen LogP contribution < -0.4 is 0 Å². The number of hydrogen-bond acceptors (Lipinski definition) is 4. The summed E-state index contributed by atoms with van der Waals surface area (Å²) in [7, 11) is 3.65. The van der Waals surface area contributed by atoms with Gasteiger partial charge in [-0.1, -0.05) is 30.3 Å². The third kappa shape index (κ3) is 3.86. The van der Waals surface area contributed by atoms with Gasteiger partial charge in [0.25, 0.3) is 0 Å². The summed E-state index contributed by atoms with van der Waals surface area (Å²) >= 11 is 0. The monoisotopic (exact) mass is 327 g/mol. The summed E-state index contributed by atoms with van der Waals surface area (Å²) in [5.41, 5.74) is 1.07. The van der Waals surface area contributed by atoms with Gasteiger partial charge in [-0.2, -0.15) is 0 Å². The van der Waals surface area contributed by atoms with E-state index >= 15 is 0 Å². The fourth-order valence-corrected chi connectivity index (χ4v) is 3.19. The molecule has 5 nitrogen and oxygen atoms in total. The SMILES string of the molecule is CN(C)C(=O)[C@@H](c1ccccc1)N1CCN(Cc2ccco2)CC1. The van der Waals surface area contributed by atoms with Crippen LogP contribution in [0.3, 0.4) is 0 Å². The molecule has 0 spiro atoms. The maximum Gasteiger partial charge on any atom is 0.244 e. The topological polar surface area (TPSA) is 39.9 Å². The van der Waals surface area contributed by atoms with Crippen LogP contribution in [0, 0.1) is 0 Å². The summed E-state index contributed by atoms with van der Waals surface area (Å²) in [5, 5.41) is 0. The summed E-state index contributed by atoms with van der Waals surface area (Å²) in [5.74, 6) is 1.13. The lowest BCUT2D eigenvalue weighted by Gasteiger charge is -2.39. The molecule has 1 fully saturated rings. The molecular formula is C19H25N3O2. The maximum absolute atomic E-state index is 12.7. The average Bonchev–Trinajstić information content (AvgIpc) is 3.10. The number of benzene rings is 1. The molecule has 1 aromatic heterocycles. The van der Waals surface area contributed by atoms with Crippen LogP contribution in [-0.2, 0) is 11.3 Å². The fourth-order valence-electron chi connectivity index (χ4n) is 3.19. The first kappa shape index (κ1) is 16.7. The zero-order valence-corrected chi connectivity index (χ0v) is 14.4. The van der Waals surface area contributed by atoms with E-state index in [-0.39, 0.29) is 11.9 Å². The molecule has 3 rings (SSSR count). The van der Waals surface area contributed by atoms with Gasteiger partial charge < -0.3 is 9.32 Å². The van der Waals surface area contributed by atoms with Gasteiger partial charge in [0.15, 0.2) is 0 Å². The molecule has 0 N–H and O–H groups in total. The molecule has 0 radical (unpaired) electrons. The number of carbonyl (C=O) groups excluding carboxylic acids is 1. The highest BCUT2D eigenvalue weighted by Gasteiger charge is 2.31. The Kier molecular flexibility index (Phi) is 5.33. The predicted molar refractivity (Wildman–Crippen MR) is 93.4 cm³/mol. The number of furan rings is 1. The first-order chi connectivity index (χ1) is 11.6. The number of hydrogen-bond donors (Lipinski definition) is 0. The average molecular weight is 327 g/mol. The highest BCUT2D eigenvalue weighted by atomic mass is 16.3. The van der Waals surface area contributed by atoms with Gasteiger partial charge in [0.2, 0.25) is 5.91 Å². The van der Waals surface area contributed by atoms with Crippen molar-refractivity contribution in [3.05, 3.63) is 60.1 Å². The highest BCUT2D eigenvalue weighted by molar-refractivity contribution is 5.82. The molecule has 2 aromatic rings. The zero-order chi connectivity index (χ0) is 16.9. The number of carbonyl (C=O) groups is 1. The van der Waals surface area contributed by atoms with Gasteiger partial charge in [-0.15, -0.1) is 0 Å². The lowest BCUT2D eigenvalue weighted by atomic mass is 10.0. The van der Waals surface area contributed by atoms with Crippen molar-refractivity contribution in [3.8, 4) is 0 Å². The van der Waals surface area contributed by atoms with Gasteiger partial charge in [0.05, 0.1) is 12.8 Å². The molecule has 1 amide bonds. The third-order valence-electron chi connectivity index (χ3n) is 4.52. The van der Waals surface area contributed by atoms with E-state index in [1.54, 1.807) is 11.2 Å². The van der Waals surface area contributed by atoms with Gasteiger partial charge in [-0.05, 0) is 17.7 Å². The number of amides is 1. The van der Waals surface area contributed by atoms with Gasteiger partial charge >= 0.3 is 0 Å². The van der Waals surface area contributed by atoms with E-state index in [0.29, 0.717) is 0 Å². The Morgan fingerprint density at radius 3 is 2.38 bits per heavy atom. The summed E-state index contributed by atoms with van der Waals surface area (Å²) in [6.07, 6.45) is 1.72. The Hall–Kier alpha value is -2.11. The summed E-state index contributed by atoms with van der Waals surface area (Å²) in [6, 6.07) is 13.8. The normalized spacial score (nSPS) is 17.6. The molecule has 5 heteroatoms. The summed E-state index contributed by atoms with van der Waals surface area (Å²) < 4.78 is 5.43. The number of likely N-dealkylation sites (N-methyl/N-ethyl adjacent to an activating group) is 1. The number of rotatable bonds is 5. The molecular weight excluding hydrogens is 302 g/mol. The molecule has 1 aromatic carbocycles.